The lowest BCUT2D eigenvalue weighted by Crippen LogP contribution is -2.61. The molecule has 7 nitrogen and oxygen atoms in total. The summed E-state index contributed by atoms with van der Waals surface area (Å²) < 4.78 is 26.0. The average Bonchev–Trinajstić information content (AvgIpc) is 3.49. The molecule has 1 saturated carbocycles. The van der Waals surface area contributed by atoms with Gasteiger partial charge in [-0.15, -0.1) is 0 Å². The number of aliphatic hydroxyl groups is 1. The molecular weight excluding hydrogens is 398 g/mol. The molecule has 2 rings (SSSR count). The number of nitrogens with one attached hydrogen (secondary N) is 2. The molecule has 0 aromatic heterocycles. The second kappa shape index (κ2) is 9.49. The minimum absolute atomic E-state index is 0.000292. The van der Waals surface area contributed by atoms with E-state index in [1.54, 1.807) is 0 Å². The Hall–Kier alpha value is -3.27. The summed E-state index contributed by atoms with van der Waals surface area (Å²) in [5, 5.41) is 20.5. The van der Waals surface area contributed by atoms with Crippen molar-refractivity contribution in [3.05, 3.63) is 35.4 Å². The van der Waals surface area contributed by atoms with Gasteiger partial charge in [-0.25, -0.2) is 14.3 Å². The van der Waals surface area contributed by atoms with Crippen molar-refractivity contribution < 1.29 is 33.5 Å². The first-order chi connectivity index (χ1) is 14.1. The van der Waals surface area contributed by atoms with E-state index < -0.39 is 29.9 Å². The molecule has 0 saturated heterocycles. The van der Waals surface area contributed by atoms with Gasteiger partial charge in [0.1, 0.15) is 11.8 Å². The number of Topliss-reactive ketones (excluding diaryl/α,β-unsaturated/α-hetero) is 1. The van der Waals surface area contributed by atoms with Crippen molar-refractivity contribution in [3.63, 3.8) is 0 Å². The van der Waals surface area contributed by atoms with Crippen LogP contribution in [0, 0.1) is 35.5 Å². The third-order valence-corrected chi connectivity index (χ3v) is 4.66. The molecule has 4 N–H and O–H groups in total. The Morgan fingerprint density at radius 1 is 1.20 bits per heavy atom. The number of rotatable bonds is 6. The first-order valence-electron chi connectivity index (χ1n) is 8.95. The number of carbonyl (C=O) groups excluding carboxylic acids is 3. The Morgan fingerprint density at radius 3 is 2.33 bits per heavy atom. The maximum atomic E-state index is 13.0. The van der Waals surface area contributed by atoms with E-state index in [1.165, 1.54) is 31.2 Å². The van der Waals surface area contributed by atoms with Gasteiger partial charge in [0.2, 0.25) is 0 Å². The number of hydroxylamine groups is 1. The minimum atomic E-state index is -3.36. The third kappa shape index (κ3) is 5.63. The number of ketones is 1. The third-order valence-electron chi connectivity index (χ3n) is 4.66. The number of amides is 2. The van der Waals surface area contributed by atoms with E-state index in [-0.39, 0.29) is 23.2 Å². The van der Waals surface area contributed by atoms with Crippen LogP contribution in [0.15, 0.2) is 24.3 Å². The molecule has 30 heavy (non-hydrogen) atoms. The standard InChI is InChI=1S/C21H20F2N2O5/c1-12(26)16-11-15(16)6-4-3-5-13-7-9-14(10-8-13)18(27)24-17(19(28)25-30)21(2,29)20(22)23/h7-10,15-17,20,29-30H,11H2,1-2H3,(H,24,27)(H,25,28)/t15?,16?,17-,21?/m1/s1. The van der Waals surface area contributed by atoms with Gasteiger partial charge in [0.05, 0.1) is 0 Å². The number of hydrogen-bond donors (Lipinski definition) is 4. The van der Waals surface area contributed by atoms with E-state index in [0.29, 0.717) is 12.5 Å². The molecule has 4 atom stereocenters. The van der Waals surface area contributed by atoms with Crippen LogP contribution in [0.3, 0.4) is 0 Å². The fourth-order valence-electron chi connectivity index (χ4n) is 2.62. The Balaban J connectivity index is 2.04. The maximum absolute atomic E-state index is 13.0. The van der Waals surface area contributed by atoms with Gasteiger partial charge >= 0.3 is 0 Å². The largest absolute Gasteiger partial charge is 0.381 e. The zero-order valence-corrected chi connectivity index (χ0v) is 16.2. The van der Waals surface area contributed by atoms with Crippen LogP contribution in [0.4, 0.5) is 8.78 Å². The summed E-state index contributed by atoms with van der Waals surface area (Å²) in [6, 6.07) is 3.59. The van der Waals surface area contributed by atoms with Crippen molar-refractivity contribution in [2.75, 3.05) is 0 Å². The molecule has 1 aromatic carbocycles. The summed E-state index contributed by atoms with van der Waals surface area (Å²) in [5.74, 6) is 8.86. The number of hydrogen-bond acceptors (Lipinski definition) is 5. The van der Waals surface area contributed by atoms with Crippen LogP contribution in [-0.2, 0) is 9.59 Å². The first-order valence-corrected chi connectivity index (χ1v) is 8.95. The van der Waals surface area contributed by atoms with Crippen molar-refractivity contribution in [2.45, 2.75) is 38.3 Å². The molecule has 0 heterocycles. The maximum Gasteiger partial charge on any atom is 0.269 e. The quantitative estimate of drug-likeness (QED) is 0.311. The zero-order chi connectivity index (χ0) is 22.5. The molecule has 1 aromatic rings. The minimum Gasteiger partial charge on any atom is -0.381 e. The molecule has 0 radical (unpaired) electrons. The lowest BCUT2D eigenvalue weighted by atomic mass is 9.95. The Bertz CT molecular complexity index is 952. The highest BCUT2D eigenvalue weighted by Gasteiger charge is 2.46. The predicted octanol–water partition coefficient (Wildman–Crippen LogP) is 0.887. The monoisotopic (exact) mass is 418 g/mol. The van der Waals surface area contributed by atoms with E-state index >= 15 is 0 Å². The Labute approximate surface area is 171 Å². The summed E-state index contributed by atoms with van der Waals surface area (Å²) in [6.45, 7) is 2.19. The van der Waals surface area contributed by atoms with Gasteiger partial charge in [-0.2, -0.15) is 0 Å². The van der Waals surface area contributed by atoms with E-state index in [0.717, 1.165) is 11.9 Å². The van der Waals surface area contributed by atoms with Crippen molar-refractivity contribution in [3.8, 4) is 23.7 Å². The smallest absolute Gasteiger partial charge is 0.269 e. The lowest BCUT2D eigenvalue weighted by molar-refractivity contribution is -0.149. The van der Waals surface area contributed by atoms with Crippen LogP contribution in [0.1, 0.15) is 36.2 Å². The Morgan fingerprint density at radius 2 is 1.83 bits per heavy atom. The van der Waals surface area contributed by atoms with Gasteiger partial charge in [0.25, 0.3) is 18.2 Å². The highest BCUT2D eigenvalue weighted by Crippen LogP contribution is 2.38. The number of benzene rings is 1. The average molecular weight is 418 g/mol. The van der Waals surface area contributed by atoms with Crippen molar-refractivity contribution in [2.24, 2.45) is 11.8 Å². The van der Waals surface area contributed by atoms with Crippen LogP contribution in [0.25, 0.3) is 0 Å². The molecule has 0 aliphatic heterocycles. The number of alkyl halides is 2. The molecule has 1 fully saturated rings. The fourth-order valence-corrected chi connectivity index (χ4v) is 2.62. The molecule has 2 amide bonds. The highest BCUT2D eigenvalue weighted by atomic mass is 19.3. The van der Waals surface area contributed by atoms with E-state index in [4.69, 9.17) is 5.21 Å². The number of carbonyl (C=O) groups is 3. The van der Waals surface area contributed by atoms with E-state index in [1.807, 2.05) is 5.32 Å². The SMILES string of the molecule is CC(=O)C1CC1C#CC#Cc1ccc(C(=O)N[C@H](C(=O)NO)C(C)(O)C(F)F)cc1. The predicted molar refractivity (Wildman–Crippen MR) is 101 cm³/mol. The molecular formula is C21H20F2N2O5. The van der Waals surface area contributed by atoms with Gasteiger partial charge < -0.3 is 10.4 Å². The summed E-state index contributed by atoms with van der Waals surface area (Å²) in [6.07, 6.45) is -2.61. The second-order valence-electron chi connectivity index (χ2n) is 7.07. The molecule has 3 unspecified atom stereocenters. The van der Waals surface area contributed by atoms with Crippen LogP contribution >= 0.6 is 0 Å². The molecule has 9 heteroatoms. The van der Waals surface area contributed by atoms with Gasteiger partial charge in [-0.3, -0.25) is 19.6 Å². The topological polar surface area (TPSA) is 116 Å². The highest BCUT2D eigenvalue weighted by molar-refractivity contribution is 5.97. The molecule has 0 spiro atoms. The number of halogens is 2. The second-order valence-corrected chi connectivity index (χ2v) is 7.07. The van der Waals surface area contributed by atoms with Gasteiger partial charge in [-0.05, 0) is 56.4 Å². The summed E-state index contributed by atoms with van der Waals surface area (Å²) in [5.41, 5.74) is -1.21. The van der Waals surface area contributed by atoms with E-state index in [2.05, 4.69) is 23.7 Å². The van der Waals surface area contributed by atoms with E-state index in [9.17, 15) is 28.3 Å². The molecule has 158 valence electrons. The first kappa shape index (κ1) is 23.0. The van der Waals surface area contributed by atoms with Crippen LogP contribution in [-0.4, -0.2) is 46.0 Å². The van der Waals surface area contributed by atoms with Crippen molar-refractivity contribution in [1.29, 1.82) is 0 Å². The van der Waals surface area contributed by atoms with Crippen LogP contribution in [0.2, 0.25) is 0 Å². The Kier molecular flexibility index (Phi) is 7.28. The lowest BCUT2D eigenvalue weighted by Gasteiger charge is -2.30. The summed E-state index contributed by atoms with van der Waals surface area (Å²) in [7, 11) is 0. The van der Waals surface area contributed by atoms with Crippen LogP contribution < -0.4 is 10.8 Å². The van der Waals surface area contributed by atoms with Crippen molar-refractivity contribution in [1.82, 2.24) is 10.8 Å². The zero-order valence-electron chi connectivity index (χ0n) is 16.2. The van der Waals surface area contributed by atoms with Crippen molar-refractivity contribution >= 4 is 17.6 Å². The van der Waals surface area contributed by atoms with Crippen LogP contribution in [0.5, 0.6) is 0 Å². The van der Waals surface area contributed by atoms with Gasteiger partial charge in [0.15, 0.2) is 5.60 Å². The van der Waals surface area contributed by atoms with Gasteiger partial charge in [-0.1, -0.05) is 11.8 Å². The molecule has 1 aliphatic carbocycles. The molecule has 0 bridgehead atoms. The van der Waals surface area contributed by atoms with Gasteiger partial charge in [0, 0.05) is 23.0 Å². The summed E-state index contributed by atoms with van der Waals surface area (Å²) in [4.78, 5) is 35.0. The fraction of sp³-hybridized carbons (Fsp3) is 0.381. The normalized spacial score (nSPS) is 19.8. The summed E-state index contributed by atoms with van der Waals surface area (Å²) >= 11 is 0. The molecule has 1 aliphatic rings.